The standard InChI is InChI=1S/C19H17BrN2O4/c1-24-16-7-5-4-6-15(16)22-19(23)13(11-21)8-12-9-14(20)18(26-3)17(10-12)25-2/h4-10H,1-3H3,(H,22,23)/b13-8+. The van der Waals surface area contributed by atoms with Crippen molar-refractivity contribution in [2.24, 2.45) is 0 Å². The molecule has 0 spiro atoms. The Hall–Kier alpha value is -2.98. The molecule has 0 saturated heterocycles. The molecule has 0 aliphatic rings. The molecule has 0 atom stereocenters. The van der Waals surface area contributed by atoms with E-state index in [4.69, 9.17) is 14.2 Å². The van der Waals surface area contributed by atoms with Gasteiger partial charge in [-0.05, 0) is 51.8 Å². The fraction of sp³-hybridized carbons (Fsp3) is 0.158. The van der Waals surface area contributed by atoms with Crippen molar-refractivity contribution in [2.75, 3.05) is 26.6 Å². The Bertz CT molecular complexity index is 888. The molecule has 0 radical (unpaired) electrons. The molecule has 2 aromatic carbocycles. The van der Waals surface area contributed by atoms with E-state index in [9.17, 15) is 10.1 Å². The Labute approximate surface area is 160 Å². The highest BCUT2D eigenvalue weighted by Crippen LogP contribution is 2.36. The first-order valence-electron chi connectivity index (χ1n) is 7.51. The lowest BCUT2D eigenvalue weighted by molar-refractivity contribution is -0.112. The third-order valence-electron chi connectivity index (χ3n) is 3.49. The van der Waals surface area contributed by atoms with Crippen LogP contribution in [0.1, 0.15) is 5.56 Å². The van der Waals surface area contributed by atoms with Crippen LogP contribution in [0.3, 0.4) is 0 Å². The van der Waals surface area contributed by atoms with Crippen LogP contribution in [0.2, 0.25) is 0 Å². The minimum Gasteiger partial charge on any atom is -0.495 e. The van der Waals surface area contributed by atoms with E-state index in [2.05, 4.69) is 21.2 Å². The van der Waals surface area contributed by atoms with Crippen LogP contribution in [0.25, 0.3) is 6.08 Å². The second-order valence-corrected chi connectivity index (χ2v) is 5.92. The summed E-state index contributed by atoms with van der Waals surface area (Å²) < 4.78 is 16.4. The Morgan fingerprint density at radius 2 is 1.81 bits per heavy atom. The van der Waals surface area contributed by atoms with Crippen LogP contribution in [0, 0.1) is 11.3 Å². The average Bonchev–Trinajstić information content (AvgIpc) is 2.65. The van der Waals surface area contributed by atoms with Gasteiger partial charge in [0.15, 0.2) is 11.5 Å². The number of ether oxygens (including phenoxy) is 3. The SMILES string of the molecule is COc1ccccc1NC(=O)/C(C#N)=C/c1cc(Br)c(OC)c(OC)c1. The van der Waals surface area contributed by atoms with Gasteiger partial charge in [-0.2, -0.15) is 5.26 Å². The molecule has 0 saturated carbocycles. The summed E-state index contributed by atoms with van der Waals surface area (Å²) in [6.07, 6.45) is 1.47. The summed E-state index contributed by atoms with van der Waals surface area (Å²) in [5.74, 6) is 0.979. The van der Waals surface area contributed by atoms with E-state index in [0.717, 1.165) is 0 Å². The first kappa shape index (κ1) is 19.3. The molecule has 134 valence electrons. The van der Waals surface area contributed by atoms with Gasteiger partial charge in [0.05, 0.1) is 31.5 Å². The Morgan fingerprint density at radius 1 is 1.12 bits per heavy atom. The number of nitrogens with one attached hydrogen (secondary N) is 1. The van der Waals surface area contributed by atoms with Gasteiger partial charge in [0.25, 0.3) is 5.91 Å². The normalized spacial score (nSPS) is 10.7. The van der Waals surface area contributed by atoms with Crippen molar-refractivity contribution in [2.45, 2.75) is 0 Å². The van der Waals surface area contributed by atoms with Crippen molar-refractivity contribution in [1.29, 1.82) is 5.26 Å². The number of halogens is 1. The number of anilines is 1. The molecule has 2 rings (SSSR count). The molecular weight excluding hydrogens is 400 g/mol. The number of nitriles is 1. The maximum absolute atomic E-state index is 12.5. The Morgan fingerprint density at radius 3 is 2.42 bits per heavy atom. The number of carbonyl (C=O) groups excluding carboxylic acids is 1. The second-order valence-electron chi connectivity index (χ2n) is 5.06. The van der Waals surface area contributed by atoms with Crippen LogP contribution >= 0.6 is 15.9 Å². The number of carbonyl (C=O) groups is 1. The lowest BCUT2D eigenvalue weighted by Gasteiger charge is -2.11. The van der Waals surface area contributed by atoms with E-state index in [-0.39, 0.29) is 5.57 Å². The van der Waals surface area contributed by atoms with Gasteiger partial charge >= 0.3 is 0 Å². The maximum atomic E-state index is 12.5. The number of para-hydroxylation sites is 2. The molecule has 1 amide bonds. The van der Waals surface area contributed by atoms with Gasteiger partial charge in [0, 0.05) is 0 Å². The molecule has 26 heavy (non-hydrogen) atoms. The molecule has 0 fully saturated rings. The largest absolute Gasteiger partial charge is 0.495 e. The van der Waals surface area contributed by atoms with E-state index in [1.807, 2.05) is 6.07 Å². The Balaban J connectivity index is 2.34. The van der Waals surface area contributed by atoms with Crippen molar-refractivity contribution in [3.05, 3.63) is 52.0 Å². The highest BCUT2D eigenvalue weighted by atomic mass is 79.9. The van der Waals surface area contributed by atoms with Gasteiger partial charge in [-0.3, -0.25) is 4.79 Å². The van der Waals surface area contributed by atoms with Crippen molar-refractivity contribution in [1.82, 2.24) is 0 Å². The molecule has 0 aliphatic heterocycles. The van der Waals surface area contributed by atoms with E-state index < -0.39 is 5.91 Å². The predicted octanol–water partition coefficient (Wildman–Crippen LogP) is 4.02. The number of hydrogen-bond acceptors (Lipinski definition) is 5. The molecule has 0 bridgehead atoms. The smallest absolute Gasteiger partial charge is 0.266 e. The van der Waals surface area contributed by atoms with Gasteiger partial charge in [0.2, 0.25) is 0 Å². The topological polar surface area (TPSA) is 80.6 Å². The monoisotopic (exact) mass is 416 g/mol. The lowest BCUT2D eigenvalue weighted by Crippen LogP contribution is -2.14. The summed E-state index contributed by atoms with van der Waals surface area (Å²) in [5.41, 5.74) is 1.03. The highest BCUT2D eigenvalue weighted by Gasteiger charge is 2.14. The van der Waals surface area contributed by atoms with Crippen LogP contribution in [0.4, 0.5) is 5.69 Å². The van der Waals surface area contributed by atoms with Crippen molar-refractivity contribution < 1.29 is 19.0 Å². The van der Waals surface area contributed by atoms with Crippen LogP contribution in [0.5, 0.6) is 17.2 Å². The zero-order valence-corrected chi connectivity index (χ0v) is 16.1. The van der Waals surface area contributed by atoms with Gasteiger partial charge in [-0.25, -0.2) is 0 Å². The third-order valence-corrected chi connectivity index (χ3v) is 4.08. The Kier molecular flexibility index (Phi) is 6.64. The predicted molar refractivity (Wildman–Crippen MR) is 102 cm³/mol. The van der Waals surface area contributed by atoms with E-state index >= 15 is 0 Å². The summed E-state index contributed by atoms with van der Waals surface area (Å²) >= 11 is 3.39. The summed E-state index contributed by atoms with van der Waals surface area (Å²) in [7, 11) is 4.55. The highest BCUT2D eigenvalue weighted by molar-refractivity contribution is 9.10. The van der Waals surface area contributed by atoms with Crippen molar-refractivity contribution >= 4 is 33.6 Å². The first-order chi connectivity index (χ1) is 12.5. The van der Waals surface area contributed by atoms with E-state index in [0.29, 0.717) is 33.0 Å². The van der Waals surface area contributed by atoms with Gasteiger partial charge < -0.3 is 19.5 Å². The van der Waals surface area contributed by atoms with Gasteiger partial charge in [-0.15, -0.1) is 0 Å². The summed E-state index contributed by atoms with van der Waals surface area (Å²) in [6.45, 7) is 0. The number of methoxy groups -OCH3 is 3. The molecular formula is C19H17BrN2O4. The molecule has 0 aliphatic carbocycles. The summed E-state index contributed by atoms with van der Waals surface area (Å²) in [6, 6.07) is 12.3. The summed E-state index contributed by atoms with van der Waals surface area (Å²) in [5, 5.41) is 12.1. The van der Waals surface area contributed by atoms with Crippen molar-refractivity contribution in [3.8, 4) is 23.3 Å². The van der Waals surface area contributed by atoms with Gasteiger partial charge in [-0.1, -0.05) is 12.1 Å². The second kappa shape index (κ2) is 8.92. The molecule has 2 aromatic rings. The summed E-state index contributed by atoms with van der Waals surface area (Å²) in [4.78, 5) is 12.5. The van der Waals surface area contributed by atoms with Crippen LogP contribution in [-0.4, -0.2) is 27.2 Å². The molecule has 0 heterocycles. The van der Waals surface area contributed by atoms with Crippen LogP contribution < -0.4 is 19.5 Å². The quantitative estimate of drug-likeness (QED) is 0.567. The number of amides is 1. The maximum Gasteiger partial charge on any atom is 0.266 e. The fourth-order valence-corrected chi connectivity index (χ4v) is 2.90. The molecule has 7 heteroatoms. The molecule has 0 unspecified atom stereocenters. The number of hydrogen-bond donors (Lipinski definition) is 1. The van der Waals surface area contributed by atoms with Crippen LogP contribution in [-0.2, 0) is 4.79 Å². The number of nitrogens with zero attached hydrogens (tertiary/aromatic N) is 1. The number of rotatable bonds is 6. The molecule has 1 N–H and O–H groups in total. The zero-order chi connectivity index (χ0) is 19.1. The minimum absolute atomic E-state index is 0.0602. The van der Waals surface area contributed by atoms with Gasteiger partial charge in [0.1, 0.15) is 17.4 Å². The van der Waals surface area contributed by atoms with E-state index in [1.54, 1.807) is 36.4 Å². The fourth-order valence-electron chi connectivity index (χ4n) is 2.27. The van der Waals surface area contributed by atoms with Crippen LogP contribution in [0.15, 0.2) is 46.4 Å². The zero-order valence-electron chi connectivity index (χ0n) is 14.5. The molecule has 0 aromatic heterocycles. The number of benzene rings is 2. The van der Waals surface area contributed by atoms with E-state index in [1.165, 1.54) is 27.4 Å². The van der Waals surface area contributed by atoms with Crippen molar-refractivity contribution in [3.63, 3.8) is 0 Å². The minimum atomic E-state index is -0.539. The third kappa shape index (κ3) is 4.35. The lowest BCUT2D eigenvalue weighted by atomic mass is 10.1. The average molecular weight is 417 g/mol. The molecule has 6 nitrogen and oxygen atoms in total. The first-order valence-corrected chi connectivity index (χ1v) is 8.31.